The second-order valence-corrected chi connectivity index (χ2v) is 5.09. The van der Waals surface area contributed by atoms with Crippen LogP contribution in [0.1, 0.15) is 34.9 Å². The van der Waals surface area contributed by atoms with Gasteiger partial charge in [-0.05, 0) is 25.0 Å². The Morgan fingerprint density at radius 1 is 1.45 bits per heavy atom. The number of carboxylic acid groups (broad SMARTS) is 1. The number of aromatic carboxylic acids is 1. The Hall–Kier alpha value is -2.70. The zero-order valence-corrected chi connectivity index (χ0v) is 12.0. The van der Waals surface area contributed by atoms with Gasteiger partial charge < -0.3 is 14.4 Å². The number of imidazole rings is 1. The molecule has 0 saturated carbocycles. The topological polar surface area (TPSA) is 94.3 Å². The highest BCUT2D eigenvalue weighted by molar-refractivity contribution is 5.91. The van der Waals surface area contributed by atoms with Gasteiger partial charge >= 0.3 is 11.9 Å². The number of carboxylic acids is 1. The SMILES string of the molecule is COC(=O)C1CCCn2c(-c3cccnc3)nc(C(=O)O)c21. The first-order chi connectivity index (χ1) is 10.6. The lowest BCUT2D eigenvalue weighted by atomic mass is 9.94. The molecule has 0 bridgehead atoms. The van der Waals surface area contributed by atoms with E-state index in [2.05, 4.69) is 9.97 Å². The average molecular weight is 301 g/mol. The lowest BCUT2D eigenvalue weighted by Crippen LogP contribution is -2.25. The lowest BCUT2D eigenvalue weighted by Gasteiger charge is -2.23. The second-order valence-electron chi connectivity index (χ2n) is 5.09. The van der Waals surface area contributed by atoms with Gasteiger partial charge in [0.05, 0.1) is 18.7 Å². The van der Waals surface area contributed by atoms with Crippen molar-refractivity contribution in [2.75, 3.05) is 7.11 Å². The molecule has 0 fully saturated rings. The van der Waals surface area contributed by atoms with Crippen LogP contribution in [0.25, 0.3) is 11.4 Å². The molecule has 0 spiro atoms. The maximum absolute atomic E-state index is 12.0. The molecule has 7 nitrogen and oxygen atoms in total. The van der Waals surface area contributed by atoms with Crippen LogP contribution in [0, 0.1) is 0 Å². The third-order valence-corrected chi connectivity index (χ3v) is 3.82. The average Bonchev–Trinajstić information content (AvgIpc) is 2.95. The van der Waals surface area contributed by atoms with Crippen LogP contribution in [-0.4, -0.2) is 38.7 Å². The predicted molar refractivity (Wildman–Crippen MR) is 76.4 cm³/mol. The Bertz CT molecular complexity index is 724. The molecule has 1 aliphatic heterocycles. The van der Waals surface area contributed by atoms with E-state index in [0.29, 0.717) is 24.5 Å². The molecular formula is C15H15N3O4. The monoisotopic (exact) mass is 301 g/mol. The maximum atomic E-state index is 12.0. The van der Waals surface area contributed by atoms with Gasteiger partial charge in [-0.3, -0.25) is 9.78 Å². The molecule has 0 amide bonds. The van der Waals surface area contributed by atoms with E-state index in [-0.39, 0.29) is 5.69 Å². The third-order valence-electron chi connectivity index (χ3n) is 3.82. The number of esters is 1. The molecule has 2 aromatic heterocycles. The van der Waals surface area contributed by atoms with E-state index in [1.54, 1.807) is 23.0 Å². The number of rotatable bonds is 3. The zero-order chi connectivity index (χ0) is 15.7. The number of methoxy groups -OCH3 is 1. The van der Waals surface area contributed by atoms with Crippen LogP contribution in [0.2, 0.25) is 0 Å². The highest BCUT2D eigenvalue weighted by atomic mass is 16.5. The molecule has 1 atom stereocenters. The molecule has 0 aromatic carbocycles. The zero-order valence-electron chi connectivity index (χ0n) is 12.0. The molecule has 0 radical (unpaired) electrons. The van der Waals surface area contributed by atoms with Crippen LogP contribution in [-0.2, 0) is 16.1 Å². The molecule has 0 aliphatic carbocycles. The number of aromatic nitrogens is 3. The Morgan fingerprint density at radius 3 is 2.91 bits per heavy atom. The van der Waals surface area contributed by atoms with Crippen LogP contribution in [0.15, 0.2) is 24.5 Å². The highest BCUT2D eigenvalue weighted by Crippen LogP contribution is 2.35. The fourth-order valence-electron chi connectivity index (χ4n) is 2.88. The van der Waals surface area contributed by atoms with Gasteiger partial charge in [-0.2, -0.15) is 0 Å². The number of ether oxygens (including phenoxy) is 1. The summed E-state index contributed by atoms with van der Waals surface area (Å²) in [5, 5.41) is 9.43. The maximum Gasteiger partial charge on any atom is 0.356 e. The van der Waals surface area contributed by atoms with Crippen molar-refractivity contribution >= 4 is 11.9 Å². The molecule has 0 saturated heterocycles. The third kappa shape index (κ3) is 2.24. The van der Waals surface area contributed by atoms with Crippen molar-refractivity contribution in [2.45, 2.75) is 25.3 Å². The summed E-state index contributed by atoms with van der Waals surface area (Å²) in [5.41, 5.74) is 1.06. The molecule has 3 heterocycles. The van der Waals surface area contributed by atoms with Crippen molar-refractivity contribution in [1.29, 1.82) is 0 Å². The van der Waals surface area contributed by atoms with Crippen LogP contribution >= 0.6 is 0 Å². The molecule has 1 unspecified atom stereocenters. The fourth-order valence-corrected chi connectivity index (χ4v) is 2.88. The van der Waals surface area contributed by atoms with Crippen molar-refractivity contribution in [1.82, 2.24) is 14.5 Å². The van der Waals surface area contributed by atoms with Crippen molar-refractivity contribution in [2.24, 2.45) is 0 Å². The van der Waals surface area contributed by atoms with Gasteiger partial charge in [0.2, 0.25) is 0 Å². The van der Waals surface area contributed by atoms with Crippen molar-refractivity contribution in [3.63, 3.8) is 0 Å². The number of fused-ring (bicyclic) bond motifs is 1. The van der Waals surface area contributed by atoms with E-state index in [1.807, 2.05) is 6.07 Å². The summed E-state index contributed by atoms with van der Waals surface area (Å²) < 4.78 is 6.61. The molecular weight excluding hydrogens is 286 g/mol. The first-order valence-electron chi connectivity index (χ1n) is 6.95. The fraction of sp³-hybridized carbons (Fsp3) is 0.333. The summed E-state index contributed by atoms with van der Waals surface area (Å²) >= 11 is 0. The lowest BCUT2D eigenvalue weighted by molar-refractivity contribution is -0.143. The molecule has 7 heteroatoms. The molecule has 22 heavy (non-hydrogen) atoms. The number of carbonyl (C=O) groups excluding carboxylic acids is 1. The number of nitrogens with zero attached hydrogens (tertiary/aromatic N) is 3. The Labute approximate surface area is 126 Å². The van der Waals surface area contributed by atoms with Gasteiger partial charge in [-0.25, -0.2) is 9.78 Å². The summed E-state index contributed by atoms with van der Waals surface area (Å²) in [5.74, 6) is -1.65. The minimum Gasteiger partial charge on any atom is -0.476 e. The van der Waals surface area contributed by atoms with Crippen molar-refractivity contribution in [3.8, 4) is 11.4 Å². The molecule has 3 rings (SSSR count). The number of carbonyl (C=O) groups is 2. The molecule has 2 aromatic rings. The first-order valence-corrected chi connectivity index (χ1v) is 6.95. The summed E-state index contributed by atoms with van der Waals surface area (Å²) in [4.78, 5) is 31.8. The largest absolute Gasteiger partial charge is 0.476 e. The van der Waals surface area contributed by atoms with Gasteiger partial charge in [0.15, 0.2) is 5.69 Å². The summed E-state index contributed by atoms with van der Waals surface area (Å²) in [6.07, 6.45) is 4.59. The van der Waals surface area contributed by atoms with Gasteiger partial charge in [0.1, 0.15) is 5.82 Å². The smallest absolute Gasteiger partial charge is 0.356 e. The Balaban J connectivity index is 2.20. The van der Waals surface area contributed by atoms with E-state index in [0.717, 1.165) is 12.0 Å². The van der Waals surface area contributed by atoms with E-state index in [9.17, 15) is 14.7 Å². The second kappa shape index (κ2) is 5.59. The number of pyridine rings is 1. The summed E-state index contributed by atoms with van der Waals surface area (Å²) in [7, 11) is 1.31. The minimum atomic E-state index is -1.14. The van der Waals surface area contributed by atoms with Crippen LogP contribution in [0.5, 0.6) is 0 Å². The molecule has 1 N–H and O–H groups in total. The summed E-state index contributed by atoms with van der Waals surface area (Å²) in [6.45, 7) is 0.618. The van der Waals surface area contributed by atoms with Crippen LogP contribution in [0.4, 0.5) is 0 Å². The standard InChI is InChI=1S/C15H15N3O4/c1-22-15(21)10-5-3-7-18-12(10)11(14(19)20)17-13(18)9-4-2-6-16-8-9/h2,4,6,8,10H,3,5,7H2,1H3,(H,19,20). The predicted octanol–water partition coefficient (Wildman–Crippen LogP) is 1.69. The normalized spacial score (nSPS) is 16.9. The highest BCUT2D eigenvalue weighted by Gasteiger charge is 2.35. The van der Waals surface area contributed by atoms with Crippen LogP contribution < -0.4 is 0 Å². The van der Waals surface area contributed by atoms with E-state index >= 15 is 0 Å². The minimum absolute atomic E-state index is 0.0889. The first kappa shape index (κ1) is 14.2. The Morgan fingerprint density at radius 2 is 2.27 bits per heavy atom. The summed E-state index contributed by atoms with van der Waals surface area (Å²) in [6, 6.07) is 3.58. The Kier molecular flexibility index (Phi) is 3.62. The van der Waals surface area contributed by atoms with Gasteiger partial charge in [0.25, 0.3) is 0 Å². The number of hydrogen-bond donors (Lipinski definition) is 1. The van der Waals surface area contributed by atoms with E-state index < -0.39 is 17.9 Å². The molecule has 1 aliphatic rings. The van der Waals surface area contributed by atoms with Crippen molar-refractivity contribution < 1.29 is 19.4 Å². The van der Waals surface area contributed by atoms with Crippen molar-refractivity contribution in [3.05, 3.63) is 35.9 Å². The van der Waals surface area contributed by atoms with Gasteiger partial charge in [0, 0.05) is 24.5 Å². The quantitative estimate of drug-likeness (QED) is 0.867. The van der Waals surface area contributed by atoms with E-state index in [4.69, 9.17) is 4.74 Å². The van der Waals surface area contributed by atoms with Gasteiger partial charge in [-0.1, -0.05) is 0 Å². The number of hydrogen-bond acceptors (Lipinski definition) is 5. The van der Waals surface area contributed by atoms with Gasteiger partial charge in [-0.15, -0.1) is 0 Å². The molecule has 114 valence electrons. The van der Waals surface area contributed by atoms with Crippen LogP contribution in [0.3, 0.4) is 0 Å². The van der Waals surface area contributed by atoms with E-state index in [1.165, 1.54) is 7.11 Å².